The van der Waals surface area contributed by atoms with Gasteiger partial charge in [0, 0.05) is 17.2 Å². The van der Waals surface area contributed by atoms with Crippen molar-refractivity contribution in [3.8, 4) is 17.0 Å². The summed E-state index contributed by atoms with van der Waals surface area (Å²) in [6.45, 7) is 3.85. The van der Waals surface area contributed by atoms with E-state index in [0.717, 1.165) is 0 Å². The van der Waals surface area contributed by atoms with Crippen LogP contribution in [0.5, 0.6) is 5.75 Å². The van der Waals surface area contributed by atoms with Gasteiger partial charge in [0.15, 0.2) is 4.77 Å². The molecule has 0 aliphatic rings. The summed E-state index contributed by atoms with van der Waals surface area (Å²) in [4.78, 5) is 19.4. The molecular weight excluding hydrogens is 372 g/mol. The van der Waals surface area contributed by atoms with Gasteiger partial charge < -0.3 is 4.74 Å². The number of aromatic nitrogens is 3. The van der Waals surface area contributed by atoms with Crippen molar-refractivity contribution in [2.24, 2.45) is 0 Å². The van der Waals surface area contributed by atoms with Crippen molar-refractivity contribution in [2.45, 2.75) is 32.7 Å². The van der Waals surface area contributed by atoms with Crippen LogP contribution in [0.25, 0.3) is 22.3 Å². The van der Waals surface area contributed by atoms with Crippen LogP contribution in [-0.2, 0) is 0 Å². The van der Waals surface area contributed by atoms with E-state index in [0.29, 0.717) is 23.4 Å². The van der Waals surface area contributed by atoms with Gasteiger partial charge >= 0.3 is 0 Å². The molecule has 3 rings (SSSR count). The highest BCUT2D eigenvalue weighted by Crippen LogP contribution is 2.31. The third-order valence-electron chi connectivity index (χ3n) is 4.56. The number of alkyl halides is 2. The highest BCUT2D eigenvalue weighted by Gasteiger charge is 2.21. The summed E-state index contributed by atoms with van der Waals surface area (Å²) >= 11 is 5.28. The second-order valence-corrected chi connectivity index (χ2v) is 6.60. The van der Waals surface area contributed by atoms with E-state index in [2.05, 4.69) is 9.97 Å². The van der Waals surface area contributed by atoms with Crippen molar-refractivity contribution in [2.75, 3.05) is 7.11 Å². The molecule has 0 unspecified atom stereocenters. The number of pyridine rings is 1. The van der Waals surface area contributed by atoms with E-state index >= 15 is 0 Å². The molecule has 5 nitrogen and oxygen atoms in total. The summed E-state index contributed by atoms with van der Waals surface area (Å²) in [5.74, 6) is 0.581. The lowest BCUT2D eigenvalue weighted by Gasteiger charge is -2.18. The molecule has 0 fully saturated rings. The van der Waals surface area contributed by atoms with Crippen LogP contribution in [0.4, 0.5) is 8.78 Å². The SMILES string of the molecule is CC[C@@H](C)n1c(=S)[nH]c(=O)c2c(C(F)F)cc(-c3cccc(OC)c3)nc21. The van der Waals surface area contributed by atoms with Gasteiger partial charge in [-0.05, 0) is 43.8 Å². The second-order valence-electron chi connectivity index (χ2n) is 6.21. The van der Waals surface area contributed by atoms with Gasteiger partial charge in [-0.25, -0.2) is 13.8 Å². The lowest BCUT2D eigenvalue weighted by Crippen LogP contribution is -2.19. The van der Waals surface area contributed by atoms with Crippen molar-refractivity contribution in [1.82, 2.24) is 14.5 Å². The largest absolute Gasteiger partial charge is 0.497 e. The maximum absolute atomic E-state index is 13.8. The van der Waals surface area contributed by atoms with Gasteiger partial charge in [-0.1, -0.05) is 19.1 Å². The van der Waals surface area contributed by atoms with Gasteiger partial charge in [-0.2, -0.15) is 0 Å². The molecule has 0 amide bonds. The van der Waals surface area contributed by atoms with Crippen LogP contribution in [0.3, 0.4) is 0 Å². The van der Waals surface area contributed by atoms with E-state index in [9.17, 15) is 13.6 Å². The standard InChI is InChI=1S/C19H19F2N3O2S/c1-4-10(2)24-17-15(18(25)23-19(24)27)13(16(20)21)9-14(22-17)11-6-5-7-12(8-11)26-3/h5-10,16H,4H2,1-3H3,(H,23,25,27)/t10-/m1/s1. The zero-order valence-electron chi connectivity index (χ0n) is 15.1. The molecule has 0 aliphatic heterocycles. The van der Waals surface area contributed by atoms with Crippen molar-refractivity contribution in [3.05, 3.63) is 51.0 Å². The van der Waals surface area contributed by atoms with Crippen LogP contribution in [0.1, 0.15) is 38.3 Å². The summed E-state index contributed by atoms with van der Waals surface area (Å²) in [5.41, 5.74) is 0.0724. The molecule has 1 atom stereocenters. The maximum atomic E-state index is 13.8. The van der Waals surface area contributed by atoms with Gasteiger partial charge in [-0.15, -0.1) is 0 Å². The zero-order chi connectivity index (χ0) is 19.7. The number of fused-ring (bicyclic) bond motifs is 1. The van der Waals surface area contributed by atoms with E-state index < -0.39 is 12.0 Å². The van der Waals surface area contributed by atoms with E-state index in [1.165, 1.54) is 13.2 Å². The van der Waals surface area contributed by atoms with E-state index in [1.807, 2.05) is 13.8 Å². The smallest absolute Gasteiger partial charge is 0.264 e. The molecule has 0 saturated heterocycles. The molecule has 1 N–H and O–H groups in total. The average molecular weight is 391 g/mol. The predicted octanol–water partition coefficient (Wildman–Crippen LogP) is 5.04. The lowest BCUT2D eigenvalue weighted by molar-refractivity contribution is 0.153. The molecule has 1 aromatic carbocycles. The number of nitrogens with one attached hydrogen (secondary N) is 1. The molecule has 3 aromatic rings. The predicted molar refractivity (Wildman–Crippen MR) is 103 cm³/mol. The molecule has 0 bridgehead atoms. The van der Waals surface area contributed by atoms with E-state index in [4.69, 9.17) is 17.0 Å². The van der Waals surface area contributed by atoms with Crippen LogP contribution in [0, 0.1) is 4.77 Å². The van der Waals surface area contributed by atoms with Gasteiger partial charge in [-0.3, -0.25) is 14.3 Å². The first-order valence-corrected chi connectivity index (χ1v) is 8.90. The van der Waals surface area contributed by atoms with Crippen LogP contribution >= 0.6 is 12.2 Å². The molecule has 0 aliphatic carbocycles. The number of rotatable bonds is 5. The number of hydrogen-bond acceptors (Lipinski definition) is 4. The van der Waals surface area contributed by atoms with E-state index in [1.54, 1.807) is 28.8 Å². The quantitative estimate of drug-likeness (QED) is 0.619. The molecular formula is C19H19F2N3O2S. The van der Waals surface area contributed by atoms with Gasteiger partial charge in [0.2, 0.25) is 0 Å². The first kappa shape index (κ1) is 19.2. The van der Waals surface area contributed by atoms with Crippen LogP contribution < -0.4 is 10.3 Å². The Balaban J connectivity index is 2.44. The second kappa shape index (κ2) is 7.56. The topological polar surface area (TPSA) is 59.9 Å². The van der Waals surface area contributed by atoms with Crippen molar-refractivity contribution in [3.63, 3.8) is 0 Å². The Morgan fingerprint density at radius 2 is 2.07 bits per heavy atom. The third-order valence-corrected chi connectivity index (χ3v) is 4.86. The Kier molecular flexibility index (Phi) is 5.36. The highest BCUT2D eigenvalue weighted by atomic mass is 32.1. The number of ether oxygens (including phenoxy) is 1. The first-order valence-electron chi connectivity index (χ1n) is 8.49. The van der Waals surface area contributed by atoms with Gasteiger partial charge in [0.25, 0.3) is 12.0 Å². The molecule has 27 heavy (non-hydrogen) atoms. The third kappa shape index (κ3) is 3.49. The number of halogens is 2. The van der Waals surface area contributed by atoms with Gasteiger partial charge in [0.05, 0.1) is 18.2 Å². The summed E-state index contributed by atoms with van der Waals surface area (Å²) in [7, 11) is 1.53. The van der Waals surface area contributed by atoms with Crippen LogP contribution in [0.2, 0.25) is 0 Å². The minimum absolute atomic E-state index is 0.115. The Morgan fingerprint density at radius 3 is 2.70 bits per heavy atom. The van der Waals surface area contributed by atoms with Crippen LogP contribution in [-0.4, -0.2) is 21.6 Å². The number of nitrogens with zero attached hydrogens (tertiary/aromatic N) is 2. The fraction of sp³-hybridized carbons (Fsp3) is 0.316. The Labute approximate surface area is 159 Å². The molecule has 142 valence electrons. The number of methoxy groups -OCH3 is 1. The monoisotopic (exact) mass is 391 g/mol. The van der Waals surface area contributed by atoms with E-state index in [-0.39, 0.29) is 27.4 Å². The first-order chi connectivity index (χ1) is 12.9. The Hall–Kier alpha value is -2.61. The summed E-state index contributed by atoms with van der Waals surface area (Å²) < 4.78 is 34.6. The number of H-pyrrole nitrogens is 1. The van der Waals surface area contributed by atoms with Crippen molar-refractivity contribution < 1.29 is 13.5 Å². The maximum Gasteiger partial charge on any atom is 0.264 e. The minimum atomic E-state index is -2.83. The summed E-state index contributed by atoms with van der Waals surface area (Å²) in [6, 6.07) is 8.10. The summed E-state index contributed by atoms with van der Waals surface area (Å²) in [5, 5.41) is -0.134. The number of hydrogen-bond donors (Lipinski definition) is 1. The highest BCUT2D eigenvalue weighted by molar-refractivity contribution is 7.71. The molecule has 0 spiro atoms. The average Bonchev–Trinajstić information content (AvgIpc) is 2.66. The fourth-order valence-electron chi connectivity index (χ4n) is 2.97. The Bertz CT molecular complexity index is 1110. The van der Waals surface area contributed by atoms with Gasteiger partial charge in [0.1, 0.15) is 11.4 Å². The molecule has 2 heterocycles. The lowest BCUT2D eigenvalue weighted by atomic mass is 10.1. The fourth-order valence-corrected chi connectivity index (χ4v) is 3.33. The number of benzene rings is 1. The Morgan fingerprint density at radius 1 is 1.33 bits per heavy atom. The summed E-state index contributed by atoms with van der Waals surface area (Å²) in [6.07, 6.45) is -2.13. The minimum Gasteiger partial charge on any atom is -0.497 e. The molecule has 0 saturated carbocycles. The molecule has 8 heteroatoms. The van der Waals surface area contributed by atoms with Crippen LogP contribution in [0.15, 0.2) is 35.1 Å². The molecule has 2 aromatic heterocycles. The normalized spacial score (nSPS) is 12.5. The number of aromatic amines is 1. The van der Waals surface area contributed by atoms with Crippen molar-refractivity contribution in [1.29, 1.82) is 0 Å². The zero-order valence-corrected chi connectivity index (χ0v) is 15.9. The molecule has 0 radical (unpaired) electrons. The van der Waals surface area contributed by atoms with Crippen molar-refractivity contribution >= 4 is 23.3 Å².